The van der Waals surface area contributed by atoms with E-state index in [0.29, 0.717) is 11.4 Å². The Hall–Kier alpha value is -1.45. The van der Waals surface area contributed by atoms with Crippen molar-refractivity contribution in [3.63, 3.8) is 0 Å². The van der Waals surface area contributed by atoms with Crippen LogP contribution in [-0.4, -0.2) is 43.4 Å². The van der Waals surface area contributed by atoms with Gasteiger partial charge in [0.2, 0.25) is 15.9 Å². The maximum Gasteiger partial charge on any atom is 0.243 e. The maximum absolute atomic E-state index is 13.0. The van der Waals surface area contributed by atoms with E-state index in [1.807, 2.05) is 12.1 Å². The zero-order chi connectivity index (χ0) is 19.9. The molecule has 0 aliphatic carbocycles. The van der Waals surface area contributed by atoms with Crippen LogP contribution in [0.25, 0.3) is 0 Å². The summed E-state index contributed by atoms with van der Waals surface area (Å²) in [6, 6.07) is 13.0. The van der Waals surface area contributed by atoms with E-state index in [9.17, 15) is 13.2 Å². The second-order valence-corrected chi connectivity index (χ2v) is 9.07. The van der Waals surface area contributed by atoms with Crippen molar-refractivity contribution in [2.45, 2.75) is 17.9 Å². The number of halogens is 2. The second kappa shape index (κ2) is 10.2. The second-order valence-electron chi connectivity index (χ2n) is 5.78. The monoisotopic (exact) mass is 474 g/mol. The summed E-state index contributed by atoms with van der Waals surface area (Å²) in [7, 11) is -3.90. The summed E-state index contributed by atoms with van der Waals surface area (Å²) in [6.07, 6.45) is 0.405. The lowest BCUT2D eigenvalue weighted by molar-refractivity contribution is -0.121. The fourth-order valence-corrected chi connectivity index (χ4v) is 4.07. The molecule has 0 saturated heterocycles. The number of aliphatic hydroxyl groups excluding tert-OH is 1. The lowest BCUT2D eigenvalue weighted by atomic mass is 10.2. The number of aliphatic hydroxyl groups is 1. The summed E-state index contributed by atoms with van der Waals surface area (Å²) in [4.78, 5) is 12.2. The molecule has 1 amide bonds. The van der Waals surface area contributed by atoms with Gasteiger partial charge in [-0.2, -0.15) is 4.31 Å². The van der Waals surface area contributed by atoms with Crippen LogP contribution in [0.1, 0.15) is 12.0 Å². The lowest BCUT2D eigenvalue weighted by Crippen LogP contribution is -2.40. The number of nitrogens with one attached hydrogen (secondary N) is 1. The Kier molecular flexibility index (Phi) is 8.25. The van der Waals surface area contributed by atoms with E-state index in [0.717, 1.165) is 14.3 Å². The minimum atomic E-state index is -3.90. The third-order valence-electron chi connectivity index (χ3n) is 3.70. The van der Waals surface area contributed by atoms with Gasteiger partial charge in [-0.3, -0.25) is 4.79 Å². The number of benzene rings is 2. The molecule has 0 radical (unpaired) electrons. The Morgan fingerprint density at radius 1 is 1.11 bits per heavy atom. The van der Waals surface area contributed by atoms with E-state index >= 15 is 0 Å². The van der Waals surface area contributed by atoms with Gasteiger partial charge < -0.3 is 10.4 Å². The fraction of sp³-hybridized carbons (Fsp3) is 0.278. The molecule has 0 bridgehead atoms. The van der Waals surface area contributed by atoms with Crippen LogP contribution in [0, 0.1) is 0 Å². The molecule has 0 saturated carbocycles. The molecule has 9 heteroatoms. The minimum absolute atomic E-state index is 0.0473. The van der Waals surface area contributed by atoms with Crippen LogP contribution in [0.4, 0.5) is 0 Å². The molecule has 0 aliphatic heterocycles. The molecule has 2 rings (SSSR count). The number of carbonyl (C=O) groups excluding carboxylic acids is 1. The topological polar surface area (TPSA) is 86.7 Å². The van der Waals surface area contributed by atoms with E-state index < -0.39 is 15.9 Å². The predicted octanol–water partition coefficient (Wildman–Crippen LogP) is 2.79. The predicted molar refractivity (Wildman–Crippen MR) is 108 cm³/mol. The van der Waals surface area contributed by atoms with Gasteiger partial charge in [0.1, 0.15) is 0 Å². The van der Waals surface area contributed by atoms with Crippen LogP contribution in [-0.2, 0) is 21.4 Å². The van der Waals surface area contributed by atoms with Gasteiger partial charge in [-0.15, -0.1) is 0 Å². The Morgan fingerprint density at radius 3 is 2.33 bits per heavy atom. The third kappa shape index (κ3) is 6.58. The quantitative estimate of drug-likeness (QED) is 0.546. The zero-order valence-electron chi connectivity index (χ0n) is 14.4. The number of nitrogens with zero attached hydrogens (tertiary/aromatic N) is 1. The first kappa shape index (κ1) is 21.8. The summed E-state index contributed by atoms with van der Waals surface area (Å²) in [5, 5.41) is 11.8. The van der Waals surface area contributed by atoms with Crippen LogP contribution in [0.5, 0.6) is 0 Å². The number of amides is 1. The standard InChI is InChI=1S/C18H20BrClN2O4S/c19-15-4-2-14(3-5-15)12-22(13-18(24)21-10-1-11-23)27(25,26)17-8-6-16(20)7-9-17/h2-9,23H,1,10-13H2,(H,21,24). The Labute approximate surface area is 172 Å². The molecule has 2 aromatic carbocycles. The van der Waals surface area contributed by atoms with Gasteiger partial charge in [-0.05, 0) is 48.4 Å². The van der Waals surface area contributed by atoms with E-state index in [-0.39, 0.29) is 31.1 Å². The first-order chi connectivity index (χ1) is 12.8. The number of hydrogen-bond donors (Lipinski definition) is 2. The molecule has 0 aliphatic rings. The van der Waals surface area contributed by atoms with Crippen LogP contribution >= 0.6 is 27.5 Å². The van der Waals surface area contributed by atoms with Gasteiger partial charge in [0.15, 0.2) is 0 Å². The molecule has 0 spiro atoms. The zero-order valence-corrected chi connectivity index (χ0v) is 17.6. The molecule has 6 nitrogen and oxygen atoms in total. The molecule has 0 aromatic heterocycles. The number of rotatable bonds is 9. The highest BCUT2D eigenvalue weighted by molar-refractivity contribution is 9.10. The third-order valence-corrected chi connectivity index (χ3v) is 6.29. The van der Waals surface area contributed by atoms with Crippen LogP contribution in [0.2, 0.25) is 5.02 Å². The Balaban J connectivity index is 2.25. The van der Waals surface area contributed by atoms with E-state index in [4.69, 9.17) is 16.7 Å². The SMILES string of the molecule is O=C(CN(Cc1ccc(Br)cc1)S(=O)(=O)c1ccc(Cl)cc1)NCCCO. The minimum Gasteiger partial charge on any atom is -0.396 e. The van der Waals surface area contributed by atoms with Crippen molar-refractivity contribution in [3.05, 3.63) is 63.6 Å². The highest BCUT2D eigenvalue weighted by Crippen LogP contribution is 2.21. The first-order valence-corrected chi connectivity index (χ1v) is 10.8. The molecule has 0 atom stereocenters. The van der Waals surface area contributed by atoms with Crippen molar-refractivity contribution in [2.24, 2.45) is 0 Å². The fourth-order valence-electron chi connectivity index (χ4n) is 2.30. The molecule has 27 heavy (non-hydrogen) atoms. The molecular formula is C18H20BrClN2O4S. The van der Waals surface area contributed by atoms with Crippen molar-refractivity contribution in [1.29, 1.82) is 0 Å². The van der Waals surface area contributed by atoms with Crippen molar-refractivity contribution in [1.82, 2.24) is 9.62 Å². The average Bonchev–Trinajstić information content (AvgIpc) is 2.63. The summed E-state index contributed by atoms with van der Waals surface area (Å²) in [5.41, 5.74) is 0.749. The van der Waals surface area contributed by atoms with Gasteiger partial charge in [-0.25, -0.2) is 8.42 Å². The highest BCUT2D eigenvalue weighted by Gasteiger charge is 2.26. The van der Waals surface area contributed by atoms with Crippen LogP contribution in [0.3, 0.4) is 0 Å². The van der Waals surface area contributed by atoms with Crippen LogP contribution in [0.15, 0.2) is 57.9 Å². The lowest BCUT2D eigenvalue weighted by Gasteiger charge is -2.22. The molecular weight excluding hydrogens is 456 g/mol. The van der Waals surface area contributed by atoms with Crippen molar-refractivity contribution in [3.8, 4) is 0 Å². The molecule has 0 fully saturated rings. The summed E-state index contributed by atoms with van der Waals surface area (Å²) in [5.74, 6) is -0.432. The largest absolute Gasteiger partial charge is 0.396 e. The van der Waals surface area contributed by atoms with E-state index in [1.165, 1.54) is 24.3 Å². The number of hydrogen-bond acceptors (Lipinski definition) is 4. The smallest absolute Gasteiger partial charge is 0.243 e. The van der Waals surface area contributed by atoms with Gasteiger partial charge >= 0.3 is 0 Å². The van der Waals surface area contributed by atoms with Crippen molar-refractivity contribution >= 4 is 43.5 Å². The van der Waals surface area contributed by atoms with Gasteiger partial charge in [-0.1, -0.05) is 39.7 Å². The summed E-state index contributed by atoms with van der Waals surface area (Å²) >= 11 is 9.19. The molecule has 146 valence electrons. The van der Waals surface area contributed by atoms with Crippen LogP contribution < -0.4 is 5.32 Å². The van der Waals surface area contributed by atoms with E-state index in [1.54, 1.807) is 12.1 Å². The first-order valence-electron chi connectivity index (χ1n) is 8.20. The normalized spacial score (nSPS) is 11.6. The van der Waals surface area contributed by atoms with Gasteiger partial charge in [0, 0.05) is 29.2 Å². The van der Waals surface area contributed by atoms with Gasteiger partial charge in [0.25, 0.3) is 0 Å². The number of carbonyl (C=O) groups is 1. The van der Waals surface area contributed by atoms with Crippen molar-refractivity contribution < 1.29 is 18.3 Å². The van der Waals surface area contributed by atoms with Crippen molar-refractivity contribution in [2.75, 3.05) is 19.7 Å². The number of sulfonamides is 1. The Bertz CT molecular complexity index is 858. The average molecular weight is 476 g/mol. The molecule has 0 unspecified atom stereocenters. The molecule has 2 aromatic rings. The highest BCUT2D eigenvalue weighted by atomic mass is 79.9. The maximum atomic E-state index is 13.0. The Morgan fingerprint density at radius 2 is 1.74 bits per heavy atom. The molecule has 0 heterocycles. The summed E-state index contributed by atoms with van der Waals surface area (Å²) in [6.45, 7) is -0.0491. The molecule has 2 N–H and O–H groups in total. The van der Waals surface area contributed by atoms with Gasteiger partial charge in [0.05, 0.1) is 11.4 Å². The van der Waals surface area contributed by atoms with E-state index in [2.05, 4.69) is 21.2 Å². The summed E-state index contributed by atoms with van der Waals surface area (Å²) < 4.78 is 28.1.